The lowest BCUT2D eigenvalue weighted by molar-refractivity contribution is -0.123. The third-order valence-corrected chi connectivity index (χ3v) is 4.31. The number of hydrogen-bond donors (Lipinski definition) is 2. The molecule has 1 saturated heterocycles. The van der Waals surface area contributed by atoms with E-state index in [4.69, 9.17) is 26.8 Å². The Kier molecular flexibility index (Phi) is 6.03. The predicted molar refractivity (Wildman–Crippen MR) is 108 cm³/mol. The van der Waals surface area contributed by atoms with Crippen molar-refractivity contribution in [2.75, 3.05) is 18.6 Å². The van der Waals surface area contributed by atoms with Gasteiger partial charge in [0.05, 0.1) is 12.8 Å². The fraction of sp³-hybridized carbons (Fsp3) is 0.100. The highest BCUT2D eigenvalue weighted by Crippen LogP contribution is 2.30. The molecule has 154 valence electrons. The normalized spacial score (nSPS) is 15.2. The molecule has 3 rings (SSSR count). The lowest BCUT2D eigenvalue weighted by Gasteiger charge is -2.26. The van der Waals surface area contributed by atoms with Gasteiger partial charge in [-0.25, -0.2) is 9.69 Å². The van der Waals surface area contributed by atoms with Gasteiger partial charge >= 0.3 is 6.03 Å². The summed E-state index contributed by atoms with van der Waals surface area (Å²) in [7, 11) is 1.39. The lowest BCUT2D eigenvalue weighted by Crippen LogP contribution is -2.54. The quantitative estimate of drug-likeness (QED) is 0.533. The number of carbonyl (C=O) groups excluding carboxylic acids is 4. The van der Waals surface area contributed by atoms with E-state index in [-0.39, 0.29) is 29.4 Å². The van der Waals surface area contributed by atoms with Crippen molar-refractivity contribution < 1.29 is 28.7 Å². The number of halogens is 1. The topological polar surface area (TPSA) is 128 Å². The van der Waals surface area contributed by atoms with E-state index in [2.05, 4.69) is 5.32 Å². The number of primary amides is 1. The Morgan fingerprint density at radius 1 is 1.13 bits per heavy atom. The average molecular weight is 430 g/mol. The highest BCUT2D eigenvalue weighted by molar-refractivity contribution is 6.39. The Morgan fingerprint density at radius 3 is 2.47 bits per heavy atom. The van der Waals surface area contributed by atoms with Gasteiger partial charge in [0.25, 0.3) is 17.7 Å². The van der Waals surface area contributed by atoms with E-state index >= 15 is 0 Å². The largest absolute Gasteiger partial charge is 0.493 e. The minimum atomic E-state index is -0.864. The van der Waals surface area contributed by atoms with E-state index in [1.54, 1.807) is 6.07 Å². The number of nitrogens with two attached hydrogens (primary N) is 1. The second kappa shape index (κ2) is 8.66. The van der Waals surface area contributed by atoms with Gasteiger partial charge in [-0.05, 0) is 48.0 Å². The van der Waals surface area contributed by atoms with Gasteiger partial charge in [-0.1, -0.05) is 17.7 Å². The van der Waals surface area contributed by atoms with Crippen molar-refractivity contribution in [3.63, 3.8) is 0 Å². The van der Waals surface area contributed by atoms with Crippen LogP contribution in [-0.4, -0.2) is 37.5 Å². The highest BCUT2D eigenvalue weighted by atomic mass is 35.5. The van der Waals surface area contributed by atoms with Crippen LogP contribution in [0.25, 0.3) is 6.08 Å². The van der Waals surface area contributed by atoms with E-state index in [0.717, 1.165) is 4.90 Å². The Hall–Kier alpha value is -3.85. The molecule has 0 saturated carbocycles. The van der Waals surface area contributed by atoms with Gasteiger partial charge in [0.1, 0.15) is 5.57 Å². The number of rotatable bonds is 6. The molecule has 5 amide bonds. The number of carbonyl (C=O) groups is 4. The van der Waals surface area contributed by atoms with Crippen molar-refractivity contribution in [1.29, 1.82) is 0 Å². The van der Waals surface area contributed by atoms with Gasteiger partial charge < -0.3 is 15.2 Å². The number of anilines is 1. The van der Waals surface area contributed by atoms with Crippen LogP contribution in [0, 0.1) is 0 Å². The summed E-state index contributed by atoms with van der Waals surface area (Å²) >= 11 is 5.85. The molecule has 1 fully saturated rings. The number of benzene rings is 2. The molecule has 1 aliphatic heterocycles. The molecular formula is C20H16ClN3O6. The van der Waals surface area contributed by atoms with Gasteiger partial charge in [-0.15, -0.1) is 0 Å². The Balaban J connectivity index is 1.94. The van der Waals surface area contributed by atoms with Crippen LogP contribution in [0.15, 0.2) is 48.0 Å². The zero-order valence-electron chi connectivity index (χ0n) is 15.7. The number of nitrogens with zero attached hydrogens (tertiary/aromatic N) is 1. The number of hydrogen-bond acceptors (Lipinski definition) is 6. The van der Waals surface area contributed by atoms with Crippen molar-refractivity contribution >= 4 is 47.1 Å². The molecule has 0 bridgehead atoms. The summed E-state index contributed by atoms with van der Waals surface area (Å²) < 4.78 is 10.5. The minimum absolute atomic E-state index is 0.252. The van der Waals surface area contributed by atoms with Crippen LogP contribution < -0.4 is 25.4 Å². The third kappa shape index (κ3) is 4.41. The van der Waals surface area contributed by atoms with Crippen molar-refractivity contribution in [3.05, 3.63) is 58.6 Å². The summed E-state index contributed by atoms with van der Waals surface area (Å²) in [4.78, 5) is 49.1. The molecule has 0 unspecified atom stereocenters. The molecule has 10 heteroatoms. The molecule has 1 heterocycles. The van der Waals surface area contributed by atoms with Crippen LogP contribution in [-0.2, 0) is 14.4 Å². The number of amides is 5. The number of nitrogens with one attached hydrogen (secondary N) is 1. The molecule has 0 aliphatic carbocycles. The number of urea groups is 1. The molecule has 2 aromatic rings. The first-order valence-corrected chi connectivity index (χ1v) is 8.94. The number of imide groups is 2. The SMILES string of the molecule is COc1cc(C=C2C(=O)NC(=O)N(c3ccc(Cl)cc3)C2=O)ccc1OCC(N)=O. The van der Waals surface area contributed by atoms with E-state index in [1.165, 1.54) is 49.6 Å². The van der Waals surface area contributed by atoms with Gasteiger partial charge in [0.2, 0.25) is 0 Å². The maximum Gasteiger partial charge on any atom is 0.335 e. The van der Waals surface area contributed by atoms with Gasteiger partial charge in [-0.3, -0.25) is 19.7 Å². The Labute approximate surface area is 176 Å². The molecule has 9 nitrogen and oxygen atoms in total. The average Bonchev–Trinajstić information content (AvgIpc) is 2.71. The second-order valence-corrected chi connectivity index (χ2v) is 6.54. The lowest BCUT2D eigenvalue weighted by atomic mass is 10.1. The fourth-order valence-electron chi connectivity index (χ4n) is 2.69. The standard InChI is InChI=1S/C20H16ClN3O6/c1-29-16-9-11(2-7-15(16)30-10-17(22)25)8-14-18(26)23-20(28)24(19(14)27)13-5-3-12(21)4-6-13/h2-9H,10H2,1H3,(H2,22,25)(H,23,26,28). The van der Waals surface area contributed by atoms with Crippen LogP contribution >= 0.6 is 11.6 Å². The Bertz CT molecular complexity index is 1060. The van der Waals surface area contributed by atoms with Crippen molar-refractivity contribution in [2.24, 2.45) is 5.73 Å². The van der Waals surface area contributed by atoms with Crippen LogP contribution in [0.4, 0.5) is 10.5 Å². The fourth-order valence-corrected chi connectivity index (χ4v) is 2.82. The molecule has 30 heavy (non-hydrogen) atoms. The summed E-state index contributed by atoms with van der Waals surface area (Å²) in [5, 5.41) is 2.57. The minimum Gasteiger partial charge on any atom is -0.493 e. The summed E-state index contributed by atoms with van der Waals surface area (Å²) in [5.74, 6) is -1.75. The van der Waals surface area contributed by atoms with Gasteiger partial charge in [0.15, 0.2) is 18.1 Å². The van der Waals surface area contributed by atoms with E-state index in [9.17, 15) is 19.2 Å². The van der Waals surface area contributed by atoms with Gasteiger partial charge in [-0.2, -0.15) is 0 Å². The monoisotopic (exact) mass is 429 g/mol. The first-order valence-electron chi connectivity index (χ1n) is 8.56. The zero-order valence-corrected chi connectivity index (χ0v) is 16.4. The number of barbiturate groups is 1. The van der Waals surface area contributed by atoms with Crippen molar-refractivity contribution in [1.82, 2.24) is 5.32 Å². The molecule has 0 aromatic heterocycles. The Morgan fingerprint density at radius 2 is 1.83 bits per heavy atom. The first kappa shape index (κ1) is 20.9. The van der Waals surface area contributed by atoms with Crippen LogP contribution in [0.5, 0.6) is 11.5 Å². The van der Waals surface area contributed by atoms with Crippen LogP contribution in [0.3, 0.4) is 0 Å². The summed E-state index contributed by atoms with van der Waals surface area (Å²) in [6.07, 6.45) is 1.31. The molecule has 0 radical (unpaired) electrons. The van der Waals surface area contributed by atoms with E-state index < -0.39 is 23.8 Å². The predicted octanol–water partition coefficient (Wildman–Crippen LogP) is 1.88. The van der Waals surface area contributed by atoms with Crippen LogP contribution in [0.1, 0.15) is 5.56 Å². The smallest absolute Gasteiger partial charge is 0.335 e. The molecule has 2 aromatic carbocycles. The zero-order chi connectivity index (χ0) is 21.8. The molecule has 3 N–H and O–H groups in total. The van der Waals surface area contributed by atoms with E-state index in [1.807, 2.05) is 0 Å². The van der Waals surface area contributed by atoms with Crippen molar-refractivity contribution in [3.8, 4) is 11.5 Å². The summed E-state index contributed by atoms with van der Waals surface area (Å²) in [6.45, 7) is -0.337. The molecule has 0 spiro atoms. The maximum atomic E-state index is 12.9. The number of methoxy groups -OCH3 is 1. The number of ether oxygens (including phenoxy) is 2. The van der Waals surface area contributed by atoms with Crippen molar-refractivity contribution in [2.45, 2.75) is 0 Å². The highest BCUT2D eigenvalue weighted by Gasteiger charge is 2.36. The molecule has 1 aliphatic rings. The molecule has 0 atom stereocenters. The van der Waals surface area contributed by atoms with E-state index in [0.29, 0.717) is 10.6 Å². The first-order chi connectivity index (χ1) is 14.3. The molecular weight excluding hydrogens is 414 g/mol. The summed E-state index contributed by atoms with van der Waals surface area (Å²) in [5.41, 5.74) is 5.50. The van der Waals surface area contributed by atoms with Gasteiger partial charge in [0, 0.05) is 5.02 Å². The summed E-state index contributed by atoms with van der Waals surface area (Å²) in [6, 6.07) is 9.71. The second-order valence-electron chi connectivity index (χ2n) is 6.10. The third-order valence-electron chi connectivity index (χ3n) is 4.06. The van der Waals surface area contributed by atoms with Crippen LogP contribution in [0.2, 0.25) is 5.02 Å². The maximum absolute atomic E-state index is 12.9.